The molecule has 1 aromatic rings. The lowest BCUT2D eigenvalue weighted by atomic mass is 9.81. The first-order valence-corrected chi connectivity index (χ1v) is 11.3. The van der Waals surface area contributed by atoms with Gasteiger partial charge in [-0.25, -0.2) is 0 Å². The molecule has 8 nitrogen and oxygen atoms in total. The highest BCUT2D eigenvalue weighted by Crippen LogP contribution is 2.39. The summed E-state index contributed by atoms with van der Waals surface area (Å²) in [7, 11) is 0. The molecule has 3 atom stereocenters. The first-order valence-electron chi connectivity index (χ1n) is 9.95. The fourth-order valence-corrected chi connectivity index (χ4v) is 4.51. The molecule has 2 fully saturated rings. The summed E-state index contributed by atoms with van der Waals surface area (Å²) >= 11 is 1.55. The summed E-state index contributed by atoms with van der Waals surface area (Å²) in [5, 5.41) is 5.24. The molecule has 2 N–H and O–H groups in total. The van der Waals surface area contributed by atoms with Crippen LogP contribution in [0, 0.1) is 11.8 Å². The summed E-state index contributed by atoms with van der Waals surface area (Å²) in [6.45, 7) is 0.00243. The molecule has 3 rings (SSSR count). The zero-order valence-corrected chi connectivity index (χ0v) is 17.3. The van der Waals surface area contributed by atoms with E-state index in [0.29, 0.717) is 30.8 Å². The third-order valence-electron chi connectivity index (χ3n) is 5.55. The van der Waals surface area contributed by atoms with Crippen LogP contribution in [0.3, 0.4) is 0 Å². The molecule has 1 saturated heterocycles. The van der Waals surface area contributed by atoms with Crippen LogP contribution in [-0.2, 0) is 25.7 Å². The lowest BCUT2D eigenvalue weighted by molar-refractivity contribution is -0.148. The number of thioether (sulfide) groups is 1. The molecule has 1 aliphatic carbocycles. The number of fused-ring (bicyclic) bond motifs is 1. The van der Waals surface area contributed by atoms with Crippen molar-refractivity contribution in [2.75, 3.05) is 18.6 Å². The fraction of sp³-hybridized carbons (Fsp3) is 0.600. The van der Waals surface area contributed by atoms with Gasteiger partial charge in [0.25, 0.3) is 0 Å². The molecule has 1 aliphatic heterocycles. The predicted molar refractivity (Wildman–Crippen MR) is 108 cm³/mol. The number of furan rings is 1. The maximum Gasteiger partial charge on any atom is 0.243 e. The lowest BCUT2D eigenvalue weighted by Gasteiger charge is -2.25. The topological polar surface area (TPSA) is 109 Å². The first kappa shape index (κ1) is 21.4. The van der Waals surface area contributed by atoms with Crippen LogP contribution in [0.1, 0.15) is 37.9 Å². The van der Waals surface area contributed by atoms with Gasteiger partial charge in [0.1, 0.15) is 11.8 Å². The Morgan fingerprint density at radius 2 is 1.90 bits per heavy atom. The second-order valence-corrected chi connectivity index (χ2v) is 8.40. The van der Waals surface area contributed by atoms with E-state index in [1.165, 1.54) is 11.2 Å². The van der Waals surface area contributed by atoms with Gasteiger partial charge in [0, 0.05) is 0 Å². The van der Waals surface area contributed by atoms with Gasteiger partial charge in [0.2, 0.25) is 23.6 Å². The van der Waals surface area contributed by atoms with Crippen molar-refractivity contribution in [2.24, 2.45) is 11.8 Å². The zero-order chi connectivity index (χ0) is 20.8. The van der Waals surface area contributed by atoms with Gasteiger partial charge in [-0.15, -0.1) is 0 Å². The Balaban J connectivity index is 1.60. The van der Waals surface area contributed by atoms with Gasteiger partial charge >= 0.3 is 0 Å². The molecule has 9 heteroatoms. The highest BCUT2D eigenvalue weighted by Gasteiger charge is 2.51. The minimum atomic E-state index is -0.870. The van der Waals surface area contributed by atoms with Crippen LogP contribution in [-0.4, -0.2) is 53.1 Å². The van der Waals surface area contributed by atoms with Gasteiger partial charge in [0.15, 0.2) is 0 Å². The number of amides is 4. The van der Waals surface area contributed by atoms with E-state index in [1.807, 2.05) is 6.26 Å². The van der Waals surface area contributed by atoms with E-state index in [4.69, 9.17) is 4.42 Å². The van der Waals surface area contributed by atoms with Crippen LogP contribution < -0.4 is 10.6 Å². The van der Waals surface area contributed by atoms with Crippen molar-refractivity contribution >= 4 is 35.4 Å². The molecule has 0 spiro atoms. The second kappa shape index (κ2) is 9.96. The van der Waals surface area contributed by atoms with E-state index in [1.54, 1.807) is 23.9 Å². The number of nitrogens with one attached hydrogen (secondary N) is 2. The normalized spacial score (nSPS) is 22.3. The quantitative estimate of drug-likeness (QED) is 0.582. The maximum absolute atomic E-state index is 12.9. The van der Waals surface area contributed by atoms with Crippen molar-refractivity contribution < 1.29 is 23.6 Å². The van der Waals surface area contributed by atoms with Crippen molar-refractivity contribution in [1.29, 1.82) is 0 Å². The van der Waals surface area contributed by atoms with E-state index < -0.39 is 11.9 Å². The average molecular weight is 422 g/mol. The molecule has 1 aromatic heterocycles. The standard InChI is InChI=1S/C20H27N3O5S/c1-29-10-8-16(23-19(26)14-6-2-3-7-15(14)20(23)27)18(25)22-12-17(24)21-11-13-5-4-9-28-13/h4-5,9,14-16H,2-3,6-8,10-12H2,1H3,(H,21,24)(H,22,25). The van der Waals surface area contributed by atoms with Crippen molar-refractivity contribution in [3.05, 3.63) is 24.2 Å². The Hall–Kier alpha value is -2.29. The molecule has 0 radical (unpaired) electrons. The Bertz CT molecular complexity index is 727. The highest BCUT2D eigenvalue weighted by atomic mass is 32.2. The molecule has 0 aromatic carbocycles. The average Bonchev–Trinajstić information content (AvgIpc) is 3.34. The molecule has 158 valence electrons. The number of likely N-dealkylation sites (tertiary alicyclic amines) is 1. The molecule has 0 bridgehead atoms. The number of rotatable bonds is 9. The van der Waals surface area contributed by atoms with Gasteiger partial charge in [-0.1, -0.05) is 12.8 Å². The van der Waals surface area contributed by atoms with Gasteiger partial charge in [0.05, 0.1) is 31.2 Å². The van der Waals surface area contributed by atoms with Gasteiger partial charge < -0.3 is 15.1 Å². The van der Waals surface area contributed by atoms with Crippen molar-refractivity contribution in [1.82, 2.24) is 15.5 Å². The summed E-state index contributed by atoms with van der Waals surface area (Å²) in [6.07, 6.45) is 7.08. The van der Waals surface area contributed by atoms with E-state index in [9.17, 15) is 19.2 Å². The maximum atomic E-state index is 12.9. The SMILES string of the molecule is CSCCC(C(=O)NCC(=O)NCc1ccco1)N1C(=O)C2CCCCC2C1=O. The van der Waals surface area contributed by atoms with Crippen LogP contribution in [0.2, 0.25) is 0 Å². The molecule has 4 amide bonds. The number of carbonyl (C=O) groups is 4. The molecule has 3 unspecified atom stereocenters. The van der Waals surface area contributed by atoms with E-state index in [-0.39, 0.29) is 42.6 Å². The van der Waals surface area contributed by atoms with Gasteiger partial charge in [-0.2, -0.15) is 11.8 Å². The molecule has 2 aliphatic rings. The van der Waals surface area contributed by atoms with Gasteiger partial charge in [-0.05, 0) is 43.4 Å². The second-order valence-electron chi connectivity index (χ2n) is 7.42. The summed E-state index contributed by atoms with van der Waals surface area (Å²) in [5.41, 5.74) is 0. The van der Waals surface area contributed by atoms with Gasteiger partial charge in [-0.3, -0.25) is 24.1 Å². The number of nitrogens with zero attached hydrogens (tertiary/aromatic N) is 1. The third-order valence-corrected chi connectivity index (χ3v) is 6.19. The van der Waals surface area contributed by atoms with Crippen LogP contribution in [0.4, 0.5) is 0 Å². The lowest BCUT2D eigenvalue weighted by Crippen LogP contribution is -2.51. The minimum absolute atomic E-state index is 0.224. The number of hydrogen-bond acceptors (Lipinski definition) is 6. The Morgan fingerprint density at radius 1 is 1.21 bits per heavy atom. The summed E-state index contributed by atoms with van der Waals surface area (Å²) < 4.78 is 5.14. The van der Waals surface area contributed by atoms with Crippen molar-refractivity contribution in [3.63, 3.8) is 0 Å². The van der Waals surface area contributed by atoms with Crippen LogP contribution in [0.15, 0.2) is 22.8 Å². The molecule has 29 heavy (non-hydrogen) atoms. The largest absolute Gasteiger partial charge is 0.467 e. The predicted octanol–water partition coefficient (Wildman–Crippen LogP) is 1.31. The van der Waals surface area contributed by atoms with Crippen LogP contribution in [0.25, 0.3) is 0 Å². The van der Waals surface area contributed by atoms with E-state index in [0.717, 1.165) is 12.8 Å². The molecular formula is C20H27N3O5S. The number of hydrogen-bond donors (Lipinski definition) is 2. The summed E-state index contributed by atoms with van der Waals surface area (Å²) in [5.74, 6) is -0.645. The highest BCUT2D eigenvalue weighted by molar-refractivity contribution is 7.98. The monoisotopic (exact) mass is 421 g/mol. The third kappa shape index (κ3) is 5.01. The minimum Gasteiger partial charge on any atom is -0.467 e. The summed E-state index contributed by atoms with van der Waals surface area (Å²) in [6, 6.07) is 2.59. The van der Waals surface area contributed by atoms with E-state index in [2.05, 4.69) is 10.6 Å². The number of carbonyl (C=O) groups excluding carboxylic acids is 4. The van der Waals surface area contributed by atoms with Crippen LogP contribution in [0.5, 0.6) is 0 Å². The molecule has 1 saturated carbocycles. The molecule has 2 heterocycles. The summed E-state index contributed by atoms with van der Waals surface area (Å²) in [4.78, 5) is 51.7. The van der Waals surface area contributed by atoms with E-state index >= 15 is 0 Å². The fourth-order valence-electron chi connectivity index (χ4n) is 4.05. The van der Waals surface area contributed by atoms with Crippen molar-refractivity contribution in [3.8, 4) is 0 Å². The van der Waals surface area contributed by atoms with Crippen LogP contribution >= 0.6 is 11.8 Å². The first-order chi connectivity index (χ1) is 14.0. The smallest absolute Gasteiger partial charge is 0.243 e. The Kier molecular flexibility index (Phi) is 7.35. The van der Waals surface area contributed by atoms with Crippen molar-refractivity contribution in [2.45, 2.75) is 44.7 Å². The Morgan fingerprint density at radius 3 is 2.48 bits per heavy atom. The Labute approximate surface area is 174 Å². The zero-order valence-electron chi connectivity index (χ0n) is 16.5. The number of imide groups is 1. The molecular weight excluding hydrogens is 394 g/mol.